The Bertz CT molecular complexity index is 1460. The van der Waals surface area contributed by atoms with Crippen molar-refractivity contribution in [1.29, 1.82) is 0 Å². The molecule has 3 aromatic carbocycles. The molecule has 2 N–H and O–H groups in total. The van der Waals surface area contributed by atoms with Gasteiger partial charge < -0.3 is 19.7 Å². The fourth-order valence-electron chi connectivity index (χ4n) is 4.21. The second-order valence-electron chi connectivity index (χ2n) is 8.41. The molecule has 2 heterocycles. The summed E-state index contributed by atoms with van der Waals surface area (Å²) in [7, 11) is 1.46. The van der Waals surface area contributed by atoms with E-state index >= 15 is 0 Å². The molecular weight excluding hydrogens is 463 g/mol. The Balaban J connectivity index is 1.65. The Morgan fingerprint density at radius 1 is 1.06 bits per heavy atom. The molecule has 1 aromatic heterocycles. The van der Waals surface area contributed by atoms with Crippen LogP contribution in [0.4, 0.5) is 14.9 Å². The number of urea groups is 1. The van der Waals surface area contributed by atoms with E-state index in [9.17, 15) is 14.3 Å². The number of phenolic OH excluding ortho intramolecular Hbond substituents is 1. The normalized spacial score (nSPS) is 15.7. The number of nitrogens with one attached hydrogen (secondary N) is 1. The lowest BCUT2D eigenvalue weighted by Crippen LogP contribution is -2.46. The van der Waals surface area contributed by atoms with Crippen LogP contribution in [0.5, 0.6) is 11.5 Å². The minimum atomic E-state index is -0.697. The fourth-order valence-corrected chi connectivity index (χ4v) is 4.21. The van der Waals surface area contributed by atoms with Crippen LogP contribution < -0.4 is 15.0 Å². The lowest BCUT2D eigenvalue weighted by atomic mass is 9.94. The molecule has 0 spiro atoms. The monoisotopic (exact) mass is 486 g/mol. The number of carbonyl (C=O) groups excluding carboxylic acids is 1. The maximum atomic E-state index is 13.4. The van der Waals surface area contributed by atoms with Crippen LogP contribution in [0.1, 0.15) is 30.0 Å². The van der Waals surface area contributed by atoms with Crippen molar-refractivity contribution >= 4 is 17.3 Å². The highest BCUT2D eigenvalue weighted by Gasteiger charge is 2.36. The molecule has 1 aliphatic rings. The number of amides is 2. The van der Waals surface area contributed by atoms with Crippen LogP contribution in [0.3, 0.4) is 0 Å². The predicted octanol–water partition coefficient (Wildman–Crippen LogP) is 5.60. The SMILES string of the molecule is COc1ccc(C2NC(=O)N(c3ccc(C)cc3)C(C)=C2c2nc(-c3ccc(F)cc3)no2)cc1O. The number of aromatic hydroxyl groups is 1. The van der Waals surface area contributed by atoms with Crippen molar-refractivity contribution in [2.45, 2.75) is 19.9 Å². The van der Waals surface area contributed by atoms with E-state index < -0.39 is 6.04 Å². The van der Waals surface area contributed by atoms with E-state index in [-0.39, 0.29) is 29.3 Å². The van der Waals surface area contributed by atoms with Gasteiger partial charge in [0.1, 0.15) is 5.82 Å². The first-order valence-corrected chi connectivity index (χ1v) is 11.2. The van der Waals surface area contributed by atoms with Gasteiger partial charge in [0, 0.05) is 11.3 Å². The van der Waals surface area contributed by atoms with Crippen LogP contribution >= 0.6 is 0 Å². The highest BCUT2D eigenvalue weighted by atomic mass is 19.1. The Labute approximate surface area is 206 Å². The second-order valence-corrected chi connectivity index (χ2v) is 8.41. The summed E-state index contributed by atoms with van der Waals surface area (Å²) in [6.45, 7) is 3.77. The van der Waals surface area contributed by atoms with Crippen molar-refractivity contribution in [3.8, 4) is 22.9 Å². The van der Waals surface area contributed by atoms with E-state index in [1.807, 2.05) is 31.2 Å². The van der Waals surface area contributed by atoms with Crippen molar-refractivity contribution in [1.82, 2.24) is 15.5 Å². The van der Waals surface area contributed by atoms with Crippen molar-refractivity contribution in [2.75, 3.05) is 12.0 Å². The van der Waals surface area contributed by atoms with Crippen LogP contribution in [0, 0.1) is 12.7 Å². The molecule has 0 radical (unpaired) electrons. The number of aryl methyl sites for hydroxylation is 1. The van der Waals surface area contributed by atoms with Gasteiger partial charge in [-0.05, 0) is 67.9 Å². The minimum absolute atomic E-state index is 0.0697. The number of hydrogen-bond acceptors (Lipinski definition) is 6. The number of hydrogen-bond donors (Lipinski definition) is 2. The summed E-state index contributed by atoms with van der Waals surface area (Å²) in [6.07, 6.45) is 0. The van der Waals surface area contributed by atoms with Crippen molar-refractivity contribution < 1.29 is 23.6 Å². The highest BCUT2D eigenvalue weighted by Crippen LogP contribution is 2.41. The van der Waals surface area contributed by atoms with E-state index in [1.165, 1.54) is 30.2 Å². The quantitative estimate of drug-likeness (QED) is 0.381. The van der Waals surface area contributed by atoms with Gasteiger partial charge in [0.25, 0.3) is 5.89 Å². The van der Waals surface area contributed by atoms with Crippen LogP contribution in [-0.2, 0) is 0 Å². The Hall–Kier alpha value is -4.66. The number of anilines is 1. The average Bonchev–Trinajstić information content (AvgIpc) is 3.35. The number of allylic oxidation sites excluding steroid dienone is 1. The molecule has 182 valence electrons. The molecule has 5 rings (SSSR count). The zero-order chi connectivity index (χ0) is 25.4. The van der Waals surface area contributed by atoms with Gasteiger partial charge in [0.15, 0.2) is 11.5 Å². The first-order chi connectivity index (χ1) is 17.4. The molecule has 36 heavy (non-hydrogen) atoms. The van der Waals surface area contributed by atoms with E-state index in [4.69, 9.17) is 9.26 Å². The van der Waals surface area contributed by atoms with Gasteiger partial charge in [0.05, 0.1) is 24.4 Å². The van der Waals surface area contributed by atoms with Crippen LogP contribution in [0.15, 0.2) is 77.0 Å². The lowest BCUT2D eigenvalue weighted by Gasteiger charge is -2.35. The molecule has 1 aliphatic heterocycles. The van der Waals surface area contributed by atoms with Gasteiger partial charge in [0.2, 0.25) is 5.82 Å². The van der Waals surface area contributed by atoms with Gasteiger partial charge >= 0.3 is 6.03 Å². The maximum absolute atomic E-state index is 13.4. The Kier molecular flexibility index (Phi) is 5.89. The van der Waals surface area contributed by atoms with Gasteiger partial charge in [-0.25, -0.2) is 9.18 Å². The van der Waals surface area contributed by atoms with Gasteiger partial charge in [-0.1, -0.05) is 28.9 Å². The molecule has 0 saturated carbocycles. The predicted molar refractivity (Wildman–Crippen MR) is 132 cm³/mol. The van der Waals surface area contributed by atoms with E-state index in [1.54, 1.807) is 31.2 Å². The molecule has 4 aromatic rings. The first-order valence-electron chi connectivity index (χ1n) is 11.2. The number of aromatic nitrogens is 2. The van der Waals surface area contributed by atoms with Crippen LogP contribution in [0.2, 0.25) is 0 Å². The zero-order valence-electron chi connectivity index (χ0n) is 19.8. The molecular formula is C27H23FN4O4. The Morgan fingerprint density at radius 2 is 1.78 bits per heavy atom. The van der Waals surface area contributed by atoms with Crippen molar-refractivity contribution in [3.05, 3.63) is 95.3 Å². The van der Waals surface area contributed by atoms with Crippen LogP contribution in [-0.4, -0.2) is 28.4 Å². The maximum Gasteiger partial charge on any atom is 0.326 e. The van der Waals surface area contributed by atoms with Gasteiger partial charge in [-0.3, -0.25) is 4.90 Å². The summed E-state index contributed by atoms with van der Waals surface area (Å²) in [5.74, 6) is 0.328. The van der Waals surface area contributed by atoms with E-state index in [2.05, 4.69) is 15.5 Å². The zero-order valence-corrected chi connectivity index (χ0v) is 19.8. The third-order valence-corrected chi connectivity index (χ3v) is 6.07. The topological polar surface area (TPSA) is 101 Å². The third-order valence-electron chi connectivity index (χ3n) is 6.07. The molecule has 1 unspecified atom stereocenters. The summed E-state index contributed by atoms with van der Waals surface area (Å²) in [6, 6.07) is 17.1. The standard InChI is InChI=1S/C27H23FN4O4/c1-15-4-11-20(12-5-15)32-16(2)23(26-30-25(31-36-26)17-6-9-19(28)10-7-17)24(29-27(32)34)18-8-13-22(35-3)21(33)14-18/h4-14,24,33H,1-3H3,(H,29,34). The molecule has 0 saturated heterocycles. The number of benzene rings is 3. The molecule has 0 aliphatic carbocycles. The summed E-state index contributed by atoms with van der Waals surface area (Å²) < 4.78 is 24.2. The third kappa shape index (κ3) is 4.15. The van der Waals surface area contributed by atoms with Crippen molar-refractivity contribution in [2.24, 2.45) is 0 Å². The van der Waals surface area contributed by atoms with E-state index in [0.717, 1.165) is 5.56 Å². The fraction of sp³-hybridized carbons (Fsp3) is 0.148. The Morgan fingerprint density at radius 3 is 2.44 bits per heavy atom. The average molecular weight is 487 g/mol. The number of rotatable bonds is 5. The molecule has 1 atom stereocenters. The molecule has 2 amide bonds. The number of halogens is 1. The number of nitrogens with zero attached hydrogens (tertiary/aromatic N) is 3. The van der Waals surface area contributed by atoms with Crippen LogP contribution in [0.25, 0.3) is 17.0 Å². The smallest absolute Gasteiger partial charge is 0.326 e. The highest BCUT2D eigenvalue weighted by molar-refractivity contribution is 6.01. The number of carbonyl (C=O) groups is 1. The molecule has 0 bridgehead atoms. The number of methoxy groups -OCH3 is 1. The summed E-state index contributed by atoms with van der Waals surface area (Å²) >= 11 is 0. The molecule has 0 fully saturated rings. The number of phenols is 1. The first kappa shape index (κ1) is 23.1. The van der Waals surface area contributed by atoms with E-state index in [0.29, 0.717) is 33.8 Å². The van der Waals surface area contributed by atoms with Crippen molar-refractivity contribution in [3.63, 3.8) is 0 Å². The van der Waals surface area contributed by atoms with Gasteiger partial charge in [-0.15, -0.1) is 0 Å². The molecule has 9 heteroatoms. The largest absolute Gasteiger partial charge is 0.504 e. The summed E-state index contributed by atoms with van der Waals surface area (Å²) in [5, 5.41) is 17.5. The number of ether oxygens (including phenoxy) is 1. The van der Waals surface area contributed by atoms with Gasteiger partial charge in [-0.2, -0.15) is 4.98 Å². The minimum Gasteiger partial charge on any atom is -0.504 e. The molecule has 8 nitrogen and oxygen atoms in total. The second kappa shape index (κ2) is 9.18. The summed E-state index contributed by atoms with van der Waals surface area (Å²) in [4.78, 5) is 19.4. The summed E-state index contributed by atoms with van der Waals surface area (Å²) in [5.41, 5.74) is 4.05. The lowest BCUT2D eigenvalue weighted by molar-refractivity contribution is 0.244.